The maximum atomic E-state index is 12.3. The van der Waals surface area contributed by atoms with E-state index in [4.69, 9.17) is 21.7 Å². The molecule has 0 bridgehead atoms. The molecule has 0 radical (unpaired) electrons. The molecule has 6 nitrogen and oxygen atoms in total. The molecule has 0 fully saturated rings. The van der Waals surface area contributed by atoms with Gasteiger partial charge in [0.15, 0.2) is 5.11 Å². The number of thiocarbonyl (C=S) groups is 1. The Bertz CT molecular complexity index is 1010. The summed E-state index contributed by atoms with van der Waals surface area (Å²) in [5.41, 5.74) is 4.80. The maximum Gasteiger partial charge on any atom is 0.343 e. The van der Waals surface area contributed by atoms with Crippen molar-refractivity contribution in [3.63, 3.8) is 0 Å². The summed E-state index contributed by atoms with van der Waals surface area (Å²) in [5, 5.41) is 7.49. The van der Waals surface area contributed by atoms with Gasteiger partial charge in [0.2, 0.25) is 0 Å². The van der Waals surface area contributed by atoms with Gasteiger partial charge in [-0.3, -0.25) is 5.43 Å². The predicted octanol–water partition coefficient (Wildman–Crippen LogP) is 4.23. The lowest BCUT2D eigenvalue weighted by atomic mass is 10.2. The summed E-state index contributed by atoms with van der Waals surface area (Å²) < 4.78 is 10.5. The van der Waals surface area contributed by atoms with Crippen molar-refractivity contribution in [2.24, 2.45) is 5.10 Å². The Labute approximate surface area is 174 Å². The Morgan fingerprint density at radius 3 is 2.45 bits per heavy atom. The Balaban J connectivity index is 1.56. The van der Waals surface area contributed by atoms with E-state index in [1.807, 2.05) is 36.4 Å². The molecule has 2 N–H and O–H groups in total. The van der Waals surface area contributed by atoms with Gasteiger partial charge in [0.05, 0.1) is 18.9 Å². The lowest BCUT2D eigenvalue weighted by molar-refractivity contribution is 0.0734. The average molecular weight is 405 g/mol. The standard InChI is InChI=1S/C22H19N3O3S/c1-27-19-12-10-17(11-13-19)21(26)28-20-9-5-6-16(14-20)15-23-25-22(29)24-18-7-3-2-4-8-18/h2-15H,1H3,(H2,24,25,29)/b23-15+. The first-order valence-electron chi connectivity index (χ1n) is 8.75. The highest BCUT2D eigenvalue weighted by Gasteiger charge is 2.09. The molecular formula is C22H19N3O3S. The van der Waals surface area contributed by atoms with Gasteiger partial charge in [0.1, 0.15) is 11.5 Å². The van der Waals surface area contributed by atoms with E-state index in [1.54, 1.807) is 55.8 Å². The Morgan fingerprint density at radius 1 is 0.966 bits per heavy atom. The molecule has 0 atom stereocenters. The van der Waals surface area contributed by atoms with Gasteiger partial charge in [-0.05, 0) is 66.3 Å². The molecule has 0 spiro atoms. The fourth-order valence-electron chi connectivity index (χ4n) is 2.40. The van der Waals surface area contributed by atoms with Crippen LogP contribution in [0.25, 0.3) is 0 Å². The lowest BCUT2D eigenvalue weighted by Crippen LogP contribution is -2.23. The summed E-state index contributed by atoms with van der Waals surface area (Å²) in [5.74, 6) is 0.639. The number of para-hydroxylation sites is 1. The molecule has 0 aliphatic rings. The van der Waals surface area contributed by atoms with E-state index in [2.05, 4.69) is 15.8 Å². The van der Waals surface area contributed by atoms with Crippen LogP contribution in [-0.2, 0) is 0 Å². The van der Waals surface area contributed by atoms with Gasteiger partial charge in [0, 0.05) is 5.69 Å². The number of rotatable bonds is 6. The van der Waals surface area contributed by atoms with Crippen LogP contribution < -0.4 is 20.2 Å². The number of hydrogen-bond acceptors (Lipinski definition) is 5. The van der Waals surface area contributed by atoms with Gasteiger partial charge in [-0.25, -0.2) is 4.79 Å². The molecule has 0 saturated heterocycles. The number of benzene rings is 3. The first kappa shape index (κ1) is 20.0. The monoisotopic (exact) mass is 405 g/mol. The van der Waals surface area contributed by atoms with Gasteiger partial charge in [-0.2, -0.15) is 5.10 Å². The molecule has 3 aromatic rings. The number of methoxy groups -OCH3 is 1. The number of nitrogens with zero attached hydrogens (tertiary/aromatic N) is 1. The van der Waals surface area contributed by atoms with Gasteiger partial charge in [0.25, 0.3) is 0 Å². The van der Waals surface area contributed by atoms with Crippen LogP contribution >= 0.6 is 12.2 Å². The Morgan fingerprint density at radius 2 is 1.72 bits per heavy atom. The average Bonchev–Trinajstić information content (AvgIpc) is 2.75. The van der Waals surface area contributed by atoms with Crippen LogP contribution in [0.3, 0.4) is 0 Å². The molecule has 3 rings (SSSR count). The normalized spacial score (nSPS) is 10.4. The van der Waals surface area contributed by atoms with Gasteiger partial charge in [-0.15, -0.1) is 0 Å². The smallest absolute Gasteiger partial charge is 0.343 e. The zero-order valence-electron chi connectivity index (χ0n) is 15.7. The Hall–Kier alpha value is -3.71. The molecule has 0 saturated carbocycles. The second-order valence-electron chi connectivity index (χ2n) is 5.88. The number of ether oxygens (including phenoxy) is 2. The van der Waals surface area contributed by atoms with Crippen molar-refractivity contribution in [1.82, 2.24) is 5.43 Å². The lowest BCUT2D eigenvalue weighted by Gasteiger charge is -2.07. The SMILES string of the molecule is COc1ccc(C(=O)Oc2cccc(/C=N/NC(=S)Nc3ccccc3)c2)cc1. The fraction of sp³-hybridized carbons (Fsp3) is 0.0455. The number of esters is 1. The van der Waals surface area contributed by atoms with Crippen LogP contribution in [0.4, 0.5) is 5.69 Å². The highest BCUT2D eigenvalue weighted by Crippen LogP contribution is 2.16. The number of nitrogens with one attached hydrogen (secondary N) is 2. The van der Waals surface area contributed by atoms with E-state index >= 15 is 0 Å². The van der Waals surface area contributed by atoms with E-state index < -0.39 is 5.97 Å². The van der Waals surface area contributed by atoms with Crippen LogP contribution in [0.2, 0.25) is 0 Å². The van der Waals surface area contributed by atoms with Crippen molar-refractivity contribution in [3.05, 3.63) is 90.0 Å². The van der Waals surface area contributed by atoms with Crippen LogP contribution in [0.15, 0.2) is 84.0 Å². The summed E-state index contributed by atoms with van der Waals surface area (Å²) in [7, 11) is 1.57. The molecule has 0 unspecified atom stereocenters. The highest BCUT2D eigenvalue weighted by atomic mass is 32.1. The number of hydrazone groups is 1. The van der Waals surface area contributed by atoms with Crippen LogP contribution in [-0.4, -0.2) is 24.4 Å². The first-order valence-corrected chi connectivity index (χ1v) is 9.16. The maximum absolute atomic E-state index is 12.3. The number of carbonyl (C=O) groups excluding carboxylic acids is 1. The van der Waals surface area contributed by atoms with Crippen molar-refractivity contribution in [1.29, 1.82) is 0 Å². The minimum absolute atomic E-state index is 0.370. The van der Waals surface area contributed by atoms with E-state index in [-0.39, 0.29) is 0 Å². The van der Waals surface area contributed by atoms with Gasteiger partial charge < -0.3 is 14.8 Å². The number of carbonyl (C=O) groups is 1. The number of anilines is 1. The van der Waals surface area contributed by atoms with Crippen molar-refractivity contribution in [3.8, 4) is 11.5 Å². The molecule has 0 aromatic heterocycles. The molecule has 7 heteroatoms. The fourth-order valence-corrected chi connectivity index (χ4v) is 2.57. The zero-order valence-corrected chi connectivity index (χ0v) is 16.5. The van der Waals surface area contributed by atoms with Crippen LogP contribution in [0, 0.1) is 0 Å². The second-order valence-corrected chi connectivity index (χ2v) is 6.29. The van der Waals surface area contributed by atoms with E-state index in [1.165, 1.54) is 0 Å². The largest absolute Gasteiger partial charge is 0.497 e. The minimum Gasteiger partial charge on any atom is -0.497 e. The first-order chi connectivity index (χ1) is 14.1. The summed E-state index contributed by atoms with van der Waals surface area (Å²) in [6, 6.07) is 23.3. The third-order valence-electron chi connectivity index (χ3n) is 3.81. The highest BCUT2D eigenvalue weighted by molar-refractivity contribution is 7.80. The van der Waals surface area contributed by atoms with Crippen LogP contribution in [0.1, 0.15) is 15.9 Å². The van der Waals surface area contributed by atoms with Crippen molar-refractivity contribution in [2.45, 2.75) is 0 Å². The summed E-state index contributed by atoms with van der Waals surface area (Å²) in [6.07, 6.45) is 1.59. The van der Waals surface area contributed by atoms with Crippen molar-refractivity contribution >= 4 is 35.2 Å². The van der Waals surface area contributed by atoms with E-state index in [0.717, 1.165) is 11.3 Å². The minimum atomic E-state index is -0.451. The molecule has 0 heterocycles. The molecule has 0 amide bonds. The Kier molecular flexibility index (Phi) is 6.91. The summed E-state index contributed by atoms with van der Waals surface area (Å²) in [6.45, 7) is 0. The van der Waals surface area contributed by atoms with Crippen LogP contribution in [0.5, 0.6) is 11.5 Å². The van der Waals surface area contributed by atoms with E-state index in [0.29, 0.717) is 22.2 Å². The quantitative estimate of drug-likeness (QED) is 0.210. The van der Waals surface area contributed by atoms with Crippen molar-refractivity contribution < 1.29 is 14.3 Å². The zero-order chi connectivity index (χ0) is 20.5. The predicted molar refractivity (Wildman–Crippen MR) is 118 cm³/mol. The topological polar surface area (TPSA) is 72.0 Å². The second kappa shape index (κ2) is 10.0. The number of hydrogen-bond donors (Lipinski definition) is 2. The van der Waals surface area contributed by atoms with Crippen molar-refractivity contribution in [2.75, 3.05) is 12.4 Å². The molecule has 0 aliphatic carbocycles. The summed E-state index contributed by atoms with van der Waals surface area (Å²) >= 11 is 5.19. The molecule has 146 valence electrons. The molecule has 29 heavy (non-hydrogen) atoms. The third kappa shape index (κ3) is 6.15. The van der Waals surface area contributed by atoms with E-state index in [9.17, 15) is 4.79 Å². The molecule has 0 aliphatic heterocycles. The molecular weight excluding hydrogens is 386 g/mol. The summed E-state index contributed by atoms with van der Waals surface area (Å²) in [4.78, 5) is 12.3. The third-order valence-corrected chi connectivity index (χ3v) is 4.00. The van der Waals surface area contributed by atoms with Gasteiger partial charge in [-0.1, -0.05) is 30.3 Å². The molecule has 3 aromatic carbocycles. The van der Waals surface area contributed by atoms with Gasteiger partial charge >= 0.3 is 5.97 Å².